The molecule has 0 N–H and O–H groups in total. The Balaban J connectivity index is 4.28. The summed E-state index contributed by atoms with van der Waals surface area (Å²) in [5.74, 6) is -1.12. The van der Waals surface area contributed by atoms with Gasteiger partial charge in [0.25, 0.3) is 0 Å². The van der Waals surface area contributed by atoms with Crippen LogP contribution in [0.15, 0.2) is 11.6 Å². The summed E-state index contributed by atoms with van der Waals surface area (Å²) < 4.78 is 4.67. The molecule has 0 aromatic heterocycles. The molecular formula is C10H14O4. The predicted octanol–water partition coefficient (Wildman–Crippen LogP) is 1.04. The fourth-order valence-corrected chi connectivity index (χ4v) is 0.842. The fourth-order valence-electron chi connectivity index (χ4n) is 0.842. The van der Waals surface area contributed by atoms with Gasteiger partial charge in [-0.25, -0.2) is 4.79 Å². The maximum Gasteiger partial charge on any atom is 0.333 e. The topological polar surface area (TPSA) is 60.4 Å². The Labute approximate surface area is 82.9 Å². The van der Waals surface area contributed by atoms with Gasteiger partial charge in [-0.05, 0) is 26.8 Å². The lowest BCUT2D eigenvalue weighted by Gasteiger charge is -2.00. The van der Waals surface area contributed by atoms with Gasteiger partial charge in [-0.3, -0.25) is 9.59 Å². The van der Waals surface area contributed by atoms with Crippen molar-refractivity contribution in [1.29, 1.82) is 0 Å². The third-order valence-electron chi connectivity index (χ3n) is 1.40. The quantitative estimate of drug-likeness (QED) is 0.376. The average molecular weight is 198 g/mol. The molecule has 0 aliphatic heterocycles. The van der Waals surface area contributed by atoms with Crippen LogP contribution in [0.2, 0.25) is 0 Å². The number of allylic oxidation sites excluding steroid dienone is 1. The number of hydrogen-bond donors (Lipinski definition) is 0. The molecule has 0 amide bonds. The van der Waals surface area contributed by atoms with Crippen molar-refractivity contribution in [1.82, 2.24) is 0 Å². The van der Waals surface area contributed by atoms with E-state index in [0.29, 0.717) is 0 Å². The molecule has 78 valence electrons. The van der Waals surface area contributed by atoms with Crippen molar-refractivity contribution < 1.29 is 19.1 Å². The molecule has 0 rings (SSSR count). The Morgan fingerprint density at radius 2 is 1.79 bits per heavy atom. The Bertz CT molecular complexity index is 276. The van der Waals surface area contributed by atoms with Crippen LogP contribution < -0.4 is 0 Å². The zero-order chi connectivity index (χ0) is 11.1. The first-order valence-corrected chi connectivity index (χ1v) is 4.35. The minimum absolute atomic E-state index is 0.170. The van der Waals surface area contributed by atoms with E-state index in [-0.39, 0.29) is 30.2 Å². The van der Waals surface area contributed by atoms with Crippen LogP contribution in [0.1, 0.15) is 27.2 Å². The van der Waals surface area contributed by atoms with Crippen LogP contribution in [-0.2, 0) is 19.1 Å². The maximum absolute atomic E-state index is 11.1. The molecule has 0 aliphatic rings. The van der Waals surface area contributed by atoms with Crippen LogP contribution >= 0.6 is 0 Å². The van der Waals surface area contributed by atoms with Gasteiger partial charge >= 0.3 is 5.97 Å². The molecule has 0 fully saturated rings. The lowest BCUT2D eigenvalue weighted by molar-refractivity contribution is -0.138. The monoisotopic (exact) mass is 198 g/mol. The first-order chi connectivity index (χ1) is 6.47. The molecule has 0 heterocycles. The van der Waals surface area contributed by atoms with E-state index in [1.807, 2.05) is 0 Å². The molecular weight excluding hydrogens is 184 g/mol. The van der Waals surface area contributed by atoms with E-state index < -0.39 is 5.97 Å². The number of Topliss-reactive ketones (excluding diaryl/α,β-unsaturated/α-hetero) is 1. The van der Waals surface area contributed by atoms with Crippen molar-refractivity contribution in [3.05, 3.63) is 11.6 Å². The van der Waals surface area contributed by atoms with Gasteiger partial charge in [0.05, 0.1) is 13.0 Å². The number of hydrogen-bond acceptors (Lipinski definition) is 4. The first kappa shape index (κ1) is 12.6. The fraction of sp³-hybridized carbons (Fsp3) is 0.500. The molecule has 0 aromatic rings. The molecule has 0 spiro atoms. The summed E-state index contributed by atoms with van der Waals surface area (Å²) in [4.78, 5) is 32.7. The number of esters is 1. The Morgan fingerprint density at radius 3 is 2.21 bits per heavy atom. The van der Waals surface area contributed by atoms with Gasteiger partial charge in [0, 0.05) is 5.57 Å². The van der Waals surface area contributed by atoms with Gasteiger partial charge in [0.15, 0.2) is 5.78 Å². The van der Waals surface area contributed by atoms with Crippen LogP contribution in [0, 0.1) is 0 Å². The highest BCUT2D eigenvalue weighted by Crippen LogP contribution is 1.99. The van der Waals surface area contributed by atoms with Crippen LogP contribution in [0.5, 0.6) is 0 Å². The number of ether oxygens (including phenoxy) is 1. The summed E-state index contributed by atoms with van der Waals surface area (Å²) in [6, 6.07) is 0. The molecule has 0 aliphatic carbocycles. The van der Waals surface area contributed by atoms with E-state index in [4.69, 9.17) is 0 Å². The lowest BCUT2D eigenvalue weighted by atomic mass is 10.1. The van der Waals surface area contributed by atoms with Crippen LogP contribution in [0.4, 0.5) is 0 Å². The normalized spacial score (nSPS) is 10.9. The zero-order valence-corrected chi connectivity index (χ0v) is 8.62. The van der Waals surface area contributed by atoms with E-state index in [0.717, 1.165) is 6.08 Å². The van der Waals surface area contributed by atoms with Crippen LogP contribution in [0.3, 0.4) is 0 Å². The Hall–Kier alpha value is -1.45. The maximum atomic E-state index is 11.1. The predicted molar refractivity (Wildman–Crippen MR) is 50.7 cm³/mol. The SMILES string of the molecule is CCOC(=O)C(C)=CC(=O)CC(C)=O. The molecule has 0 radical (unpaired) electrons. The molecule has 0 saturated carbocycles. The smallest absolute Gasteiger partial charge is 0.333 e. The van der Waals surface area contributed by atoms with Crippen molar-refractivity contribution in [3.63, 3.8) is 0 Å². The molecule has 0 aromatic carbocycles. The minimum Gasteiger partial charge on any atom is -0.463 e. The largest absolute Gasteiger partial charge is 0.463 e. The second-order valence-electron chi connectivity index (χ2n) is 2.89. The second kappa shape index (κ2) is 6.07. The summed E-state index contributed by atoms with van der Waals surface area (Å²) in [7, 11) is 0. The summed E-state index contributed by atoms with van der Waals surface area (Å²) in [6.07, 6.45) is 0.968. The third-order valence-corrected chi connectivity index (χ3v) is 1.40. The summed E-state index contributed by atoms with van der Waals surface area (Å²) in [5.41, 5.74) is 0.220. The molecule has 14 heavy (non-hydrogen) atoms. The summed E-state index contributed by atoms with van der Waals surface area (Å²) in [6.45, 7) is 4.76. The first-order valence-electron chi connectivity index (χ1n) is 4.35. The van der Waals surface area contributed by atoms with Gasteiger partial charge in [-0.15, -0.1) is 0 Å². The van der Waals surface area contributed by atoms with Crippen LogP contribution in [0.25, 0.3) is 0 Å². The third kappa shape index (κ3) is 5.24. The molecule has 0 bridgehead atoms. The van der Waals surface area contributed by atoms with Crippen molar-refractivity contribution >= 4 is 17.5 Å². The Kier molecular flexibility index (Phi) is 5.44. The highest BCUT2D eigenvalue weighted by molar-refractivity contribution is 6.06. The molecule has 0 atom stereocenters. The summed E-state index contributed by atoms with van der Waals surface area (Å²) in [5, 5.41) is 0. The number of ketones is 2. The van der Waals surface area contributed by atoms with E-state index in [2.05, 4.69) is 4.74 Å². The molecule has 0 unspecified atom stereocenters. The lowest BCUT2D eigenvalue weighted by Crippen LogP contribution is -2.08. The summed E-state index contributed by atoms with van der Waals surface area (Å²) >= 11 is 0. The van der Waals surface area contributed by atoms with Gasteiger partial charge in [0.1, 0.15) is 5.78 Å². The van der Waals surface area contributed by atoms with Gasteiger partial charge in [-0.2, -0.15) is 0 Å². The highest BCUT2D eigenvalue weighted by atomic mass is 16.5. The highest BCUT2D eigenvalue weighted by Gasteiger charge is 2.08. The van der Waals surface area contributed by atoms with E-state index in [1.54, 1.807) is 6.92 Å². The van der Waals surface area contributed by atoms with Crippen molar-refractivity contribution in [2.45, 2.75) is 27.2 Å². The molecule has 4 heteroatoms. The van der Waals surface area contributed by atoms with Gasteiger partial charge < -0.3 is 4.74 Å². The molecule has 0 saturated heterocycles. The Morgan fingerprint density at radius 1 is 1.21 bits per heavy atom. The van der Waals surface area contributed by atoms with Crippen LogP contribution in [-0.4, -0.2) is 24.1 Å². The zero-order valence-electron chi connectivity index (χ0n) is 8.62. The van der Waals surface area contributed by atoms with Crippen molar-refractivity contribution in [3.8, 4) is 0 Å². The van der Waals surface area contributed by atoms with E-state index in [1.165, 1.54) is 13.8 Å². The average Bonchev–Trinajstić information content (AvgIpc) is 2.02. The number of rotatable bonds is 5. The standard InChI is InChI=1S/C10H14O4/c1-4-14-10(13)7(2)5-9(12)6-8(3)11/h5H,4,6H2,1-3H3. The second-order valence-corrected chi connectivity index (χ2v) is 2.89. The van der Waals surface area contributed by atoms with Crippen molar-refractivity contribution in [2.75, 3.05) is 6.61 Å². The minimum atomic E-state index is -0.524. The van der Waals surface area contributed by atoms with Crippen molar-refractivity contribution in [2.24, 2.45) is 0 Å². The van der Waals surface area contributed by atoms with Gasteiger partial charge in [0.2, 0.25) is 0 Å². The number of carbonyl (C=O) groups is 3. The van der Waals surface area contributed by atoms with Gasteiger partial charge in [-0.1, -0.05) is 0 Å². The molecule has 4 nitrogen and oxygen atoms in total. The number of carbonyl (C=O) groups excluding carboxylic acids is 3. The van der Waals surface area contributed by atoms with E-state index >= 15 is 0 Å². The van der Waals surface area contributed by atoms with E-state index in [9.17, 15) is 14.4 Å².